The SMILES string of the molecule is O=C(Cc1cccc2ccccc12)Nc1nnc(SCc2ccccc2Cl)s1. The van der Waals surface area contributed by atoms with Gasteiger partial charge in [0.25, 0.3) is 0 Å². The van der Waals surface area contributed by atoms with E-state index in [4.69, 9.17) is 11.6 Å². The minimum atomic E-state index is -0.102. The molecule has 0 aliphatic carbocycles. The number of anilines is 1. The molecule has 4 rings (SSSR count). The molecule has 28 heavy (non-hydrogen) atoms. The highest BCUT2D eigenvalue weighted by Crippen LogP contribution is 2.30. The van der Waals surface area contributed by atoms with Crippen molar-refractivity contribution < 1.29 is 4.79 Å². The van der Waals surface area contributed by atoms with Crippen molar-refractivity contribution >= 4 is 56.5 Å². The number of thioether (sulfide) groups is 1. The van der Waals surface area contributed by atoms with Crippen LogP contribution in [-0.2, 0) is 17.0 Å². The Labute approximate surface area is 176 Å². The molecule has 0 saturated carbocycles. The molecule has 4 nitrogen and oxygen atoms in total. The summed E-state index contributed by atoms with van der Waals surface area (Å²) >= 11 is 9.10. The van der Waals surface area contributed by atoms with Gasteiger partial charge in [-0.2, -0.15) is 0 Å². The van der Waals surface area contributed by atoms with Crippen LogP contribution in [0.15, 0.2) is 71.1 Å². The lowest BCUT2D eigenvalue weighted by atomic mass is 10.0. The predicted molar refractivity (Wildman–Crippen MR) is 117 cm³/mol. The molecule has 1 aromatic heterocycles. The first-order valence-corrected chi connectivity index (χ1v) is 10.8. The van der Waals surface area contributed by atoms with E-state index in [1.165, 1.54) is 11.3 Å². The van der Waals surface area contributed by atoms with Gasteiger partial charge >= 0.3 is 0 Å². The van der Waals surface area contributed by atoms with Gasteiger partial charge in [0.2, 0.25) is 11.0 Å². The third kappa shape index (κ3) is 4.52. The van der Waals surface area contributed by atoms with Gasteiger partial charge < -0.3 is 5.32 Å². The van der Waals surface area contributed by atoms with Gasteiger partial charge in [0, 0.05) is 10.8 Å². The maximum atomic E-state index is 12.5. The molecule has 1 N–H and O–H groups in total. The maximum absolute atomic E-state index is 12.5. The number of aromatic nitrogens is 2. The molecule has 0 spiro atoms. The summed E-state index contributed by atoms with van der Waals surface area (Å²) in [4.78, 5) is 12.5. The topological polar surface area (TPSA) is 54.9 Å². The van der Waals surface area contributed by atoms with E-state index in [-0.39, 0.29) is 5.91 Å². The van der Waals surface area contributed by atoms with Crippen molar-refractivity contribution in [1.82, 2.24) is 10.2 Å². The zero-order chi connectivity index (χ0) is 19.3. The first kappa shape index (κ1) is 18.9. The first-order chi connectivity index (χ1) is 13.7. The second-order valence-electron chi connectivity index (χ2n) is 6.12. The summed E-state index contributed by atoms with van der Waals surface area (Å²) in [7, 11) is 0. The molecule has 0 atom stereocenters. The third-order valence-corrected chi connectivity index (χ3v) is 6.58. The molecular weight excluding hydrogens is 410 g/mol. The Morgan fingerprint density at radius 2 is 1.71 bits per heavy atom. The van der Waals surface area contributed by atoms with E-state index in [1.807, 2.05) is 66.7 Å². The summed E-state index contributed by atoms with van der Waals surface area (Å²) in [5.41, 5.74) is 2.04. The van der Waals surface area contributed by atoms with Gasteiger partial charge in [-0.05, 0) is 28.0 Å². The molecule has 0 radical (unpaired) electrons. The predicted octanol–water partition coefficient (Wildman–Crippen LogP) is 5.82. The zero-order valence-electron chi connectivity index (χ0n) is 14.8. The molecule has 0 saturated heterocycles. The average Bonchev–Trinajstić information content (AvgIpc) is 3.15. The maximum Gasteiger partial charge on any atom is 0.230 e. The van der Waals surface area contributed by atoms with Crippen LogP contribution in [0.25, 0.3) is 10.8 Å². The second kappa shape index (κ2) is 8.73. The summed E-state index contributed by atoms with van der Waals surface area (Å²) in [6.45, 7) is 0. The number of amides is 1. The van der Waals surface area contributed by atoms with Crippen LogP contribution in [0.4, 0.5) is 5.13 Å². The Bertz CT molecular complexity index is 1120. The van der Waals surface area contributed by atoms with Crippen LogP contribution in [0.2, 0.25) is 5.02 Å². The molecule has 1 amide bonds. The molecule has 4 aromatic rings. The van der Waals surface area contributed by atoms with E-state index in [9.17, 15) is 4.79 Å². The van der Waals surface area contributed by atoms with Crippen LogP contribution in [0.1, 0.15) is 11.1 Å². The van der Waals surface area contributed by atoms with E-state index in [2.05, 4.69) is 15.5 Å². The van der Waals surface area contributed by atoms with Crippen LogP contribution in [0.3, 0.4) is 0 Å². The van der Waals surface area contributed by atoms with Crippen LogP contribution < -0.4 is 5.32 Å². The van der Waals surface area contributed by atoms with Gasteiger partial charge in [-0.25, -0.2) is 0 Å². The van der Waals surface area contributed by atoms with E-state index >= 15 is 0 Å². The van der Waals surface area contributed by atoms with Crippen molar-refractivity contribution in [2.75, 3.05) is 5.32 Å². The molecular formula is C21H16ClN3OS2. The lowest BCUT2D eigenvalue weighted by Gasteiger charge is -2.06. The van der Waals surface area contributed by atoms with Gasteiger partial charge in [-0.3, -0.25) is 4.79 Å². The zero-order valence-corrected chi connectivity index (χ0v) is 17.2. The van der Waals surface area contributed by atoms with E-state index in [0.29, 0.717) is 17.3 Å². The number of rotatable bonds is 6. The van der Waals surface area contributed by atoms with Gasteiger partial charge in [-0.15, -0.1) is 10.2 Å². The van der Waals surface area contributed by atoms with E-state index in [0.717, 1.165) is 31.3 Å². The Hall–Kier alpha value is -2.41. The number of halogens is 1. The molecule has 3 aromatic carbocycles. The third-order valence-electron chi connectivity index (χ3n) is 4.19. The normalized spacial score (nSPS) is 10.9. The molecule has 1 heterocycles. The van der Waals surface area contributed by atoms with Gasteiger partial charge in [0.15, 0.2) is 4.34 Å². The smallest absolute Gasteiger partial charge is 0.230 e. The minimum Gasteiger partial charge on any atom is -0.300 e. The summed E-state index contributed by atoms with van der Waals surface area (Å²) in [5.74, 6) is 0.605. The Morgan fingerprint density at radius 1 is 0.964 bits per heavy atom. The molecule has 0 bridgehead atoms. The van der Waals surface area contributed by atoms with Gasteiger partial charge in [0.1, 0.15) is 0 Å². The van der Waals surface area contributed by atoms with Crippen molar-refractivity contribution in [2.24, 2.45) is 0 Å². The van der Waals surface area contributed by atoms with Crippen LogP contribution >= 0.6 is 34.7 Å². The largest absolute Gasteiger partial charge is 0.300 e. The lowest BCUT2D eigenvalue weighted by Crippen LogP contribution is -2.14. The van der Waals surface area contributed by atoms with Crippen molar-refractivity contribution in [3.05, 3.63) is 82.9 Å². The molecule has 7 heteroatoms. The summed E-state index contributed by atoms with van der Waals surface area (Å²) < 4.78 is 0.792. The highest BCUT2D eigenvalue weighted by molar-refractivity contribution is 8.00. The highest BCUT2D eigenvalue weighted by atomic mass is 35.5. The van der Waals surface area contributed by atoms with E-state index in [1.54, 1.807) is 11.8 Å². The Morgan fingerprint density at radius 3 is 2.61 bits per heavy atom. The minimum absolute atomic E-state index is 0.102. The lowest BCUT2D eigenvalue weighted by molar-refractivity contribution is -0.115. The first-order valence-electron chi connectivity index (χ1n) is 8.65. The number of fused-ring (bicyclic) bond motifs is 1. The van der Waals surface area contributed by atoms with Gasteiger partial charge in [0.05, 0.1) is 6.42 Å². The molecule has 140 valence electrons. The van der Waals surface area contributed by atoms with Crippen molar-refractivity contribution in [2.45, 2.75) is 16.5 Å². The number of carbonyl (C=O) groups excluding carboxylic acids is 1. The quantitative estimate of drug-likeness (QED) is 0.312. The monoisotopic (exact) mass is 425 g/mol. The van der Waals surface area contributed by atoms with Crippen LogP contribution in [0, 0.1) is 0 Å². The average molecular weight is 426 g/mol. The van der Waals surface area contributed by atoms with Crippen molar-refractivity contribution in [1.29, 1.82) is 0 Å². The molecule has 0 aliphatic heterocycles. The Balaban J connectivity index is 1.38. The second-order valence-corrected chi connectivity index (χ2v) is 8.72. The van der Waals surface area contributed by atoms with E-state index < -0.39 is 0 Å². The number of hydrogen-bond acceptors (Lipinski definition) is 5. The fraction of sp³-hybridized carbons (Fsp3) is 0.0952. The molecule has 0 aliphatic rings. The van der Waals surface area contributed by atoms with Crippen molar-refractivity contribution in [3.8, 4) is 0 Å². The number of nitrogens with one attached hydrogen (secondary N) is 1. The fourth-order valence-corrected chi connectivity index (χ4v) is 4.91. The molecule has 0 unspecified atom stereocenters. The standard InChI is InChI=1S/C21H16ClN3OS2/c22-18-11-4-2-7-16(18)13-27-21-25-24-20(28-21)23-19(26)12-15-9-5-8-14-6-1-3-10-17(14)15/h1-11H,12-13H2,(H,23,24,26). The number of hydrogen-bond donors (Lipinski definition) is 1. The number of nitrogens with zero attached hydrogens (tertiary/aromatic N) is 2. The van der Waals surface area contributed by atoms with Crippen LogP contribution in [0.5, 0.6) is 0 Å². The van der Waals surface area contributed by atoms with Crippen LogP contribution in [-0.4, -0.2) is 16.1 Å². The highest BCUT2D eigenvalue weighted by Gasteiger charge is 2.11. The summed E-state index contributed by atoms with van der Waals surface area (Å²) in [5, 5.41) is 14.5. The van der Waals surface area contributed by atoms with Crippen molar-refractivity contribution in [3.63, 3.8) is 0 Å². The Kier molecular flexibility index (Phi) is 5.90. The number of carbonyl (C=O) groups is 1. The molecule has 0 fully saturated rings. The summed E-state index contributed by atoms with van der Waals surface area (Å²) in [6.07, 6.45) is 0.295. The summed E-state index contributed by atoms with van der Waals surface area (Å²) in [6, 6.07) is 21.8. The van der Waals surface area contributed by atoms with Gasteiger partial charge in [-0.1, -0.05) is 95.4 Å². The number of benzene rings is 3. The fourth-order valence-electron chi connectivity index (χ4n) is 2.86.